The molecule has 0 N–H and O–H groups in total. The van der Waals surface area contributed by atoms with Crippen LogP contribution in [0.3, 0.4) is 0 Å². The van der Waals surface area contributed by atoms with E-state index in [-0.39, 0.29) is 17.1 Å². The summed E-state index contributed by atoms with van der Waals surface area (Å²) in [5, 5.41) is 2.16. The van der Waals surface area contributed by atoms with Crippen molar-refractivity contribution in [1.29, 1.82) is 0 Å². The Hall–Kier alpha value is -0.513. The lowest BCUT2D eigenvalue weighted by Gasteiger charge is -2.43. The normalized spacial score (nSPS) is 21.3. The zero-order valence-corrected chi connectivity index (χ0v) is 22.0. The SMILES string of the molecule is C=CCON(C)C1C=C(I)[C@@H](CO[Si](C)(C)C(C)(C)C)N(Cc2ccccc2)C1. The first-order chi connectivity index (χ1) is 13.5. The minimum absolute atomic E-state index is 0.203. The van der Waals surface area contributed by atoms with E-state index in [1.807, 2.05) is 12.1 Å². The third-order valence-corrected chi connectivity index (χ3v) is 11.6. The van der Waals surface area contributed by atoms with Crippen molar-refractivity contribution >= 4 is 30.9 Å². The Labute approximate surface area is 192 Å². The molecule has 1 aromatic rings. The molecule has 29 heavy (non-hydrogen) atoms. The number of likely N-dealkylation sites (N-methyl/N-ethyl adjacent to an activating group) is 1. The zero-order chi connectivity index (χ0) is 21.7. The van der Waals surface area contributed by atoms with Crippen LogP contribution in [-0.4, -0.2) is 57.2 Å². The number of hydrogen-bond acceptors (Lipinski definition) is 4. The van der Waals surface area contributed by atoms with Crippen LogP contribution in [0.4, 0.5) is 0 Å². The van der Waals surface area contributed by atoms with E-state index in [0.29, 0.717) is 6.61 Å². The Morgan fingerprint density at radius 3 is 2.52 bits per heavy atom. The monoisotopic (exact) mass is 528 g/mol. The van der Waals surface area contributed by atoms with Crippen molar-refractivity contribution in [2.24, 2.45) is 0 Å². The summed E-state index contributed by atoms with van der Waals surface area (Å²) < 4.78 is 7.95. The van der Waals surface area contributed by atoms with Crippen molar-refractivity contribution < 1.29 is 9.26 Å². The smallest absolute Gasteiger partial charge is 0.192 e. The van der Waals surface area contributed by atoms with E-state index in [9.17, 15) is 0 Å². The summed E-state index contributed by atoms with van der Waals surface area (Å²) in [5.41, 5.74) is 1.32. The number of rotatable bonds is 9. The topological polar surface area (TPSA) is 24.9 Å². The molecule has 1 aromatic carbocycles. The van der Waals surface area contributed by atoms with Crippen LogP contribution in [-0.2, 0) is 15.8 Å². The van der Waals surface area contributed by atoms with Crippen LogP contribution in [0.25, 0.3) is 0 Å². The molecular weight excluding hydrogens is 491 g/mol. The van der Waals surface area contributed by atoms with E-state index in [1.165, 1.54) is 9.14 Å². The molecular formula is C23H37IN2O2Si. The molecule has 0 aliphatic carbocycles. The highest BCUT2D eigenvalue weighted by Crippen LogP contribution is 2.37. The van der Waals surface area contributed by atoms with Gasteiger partial charge in [0.15, 0.2) is 8.32 Å². The highest BCUT2D eigenvalue weighted by Gasteiger charge is 2.39. The summed E-state index contributed by atoms with van der Waals surface area (Å²) in [7, 11) is 0.202. The third kappa shape index (κ3) is 7.00. The van der Waals surface area contributed by atoms with Gasteiger partial charge in [0.1, 0.15) is 0 Å². The minimum atomic E-state index is -1.80. The van der Waals surface area contributed by atoms with Gasteiger partial charge in [0, 0.05) is 23.7 Å². The van der Waals surface area contributed by atoms with Crippen LogP contribution >= 0.6 is 22.6 Å². The van der Waals surface area contributed by atoms with Crippen LogP contribution in [0, 0.1) is 0 Å². The summed E-state index contributed by atoms with van der Waals surface area (Å²) in [6.45, 7) is 18.4. The third-order valence-electron chi connectivity index (χ3n) is 6.03. The molecule has 1 aliphatic heterocycles. The quantitative estimate of drug-likeness (QED) is 0.180. The van der Waals surface area contributed by atoms with E-state index >= 15 is 0 Å². The van der Waals surface area contributed by atoms with Gasteiger partial charge in [0.25, 0.3) is 0 Å². The maximum atomic E-state index is 6.63. The molecule has 0 fully saturated rings. The second kappa shape index (κ2) is 10.7. The summed E-state index contributed by atoms with van der Waals surface area (Å²) in [5.74, 6) is 0. The minimum Gasteiger partial charge on any atom is -0.415 e. The maximum Gasteiger partial charge on any atom is 0.192 e. The molecule has 0 amide bonds. The van der Waals surface area contributed by atoms with Crippen LogP contribution in [0.15, 0.2) is 52.6 Å². The fourth-order valence-corrected chi connectivity index (χ4v) is 5.05. The average molecular weight is 529 g/mol. The first kappa shape index (κ1) is 24.8. The Bertz CT molecular complexity index is 688. The van der Waals surface area contributed by atoms with Crippen LogP contribution < -0.4 is 0 Å². The Balaban J connectivity index is 2.20. The molecule has 2 rings (SSSR count). The molecule has 2 atom stereocenters. The fourth-order valence-electron chi connectivity index (χ4n) is 3.06. The lowest BCUT2D eigenvalue weighted by Crippen LogP contribution is -2.52. The van der Waals surface area contributed by atoms with Gasteiger partial charge in [0.05, 0.1) is 25.3 Å². The van der Waals surface area contributed by atoms with Gasteiger partial charge in [0.2, 0.25) is 0 Å². The molecule has 0 aromatic heterocycles. The summed E-state index contributed by atoms with van der Waals surface area (Å²) in [4.78, 5) is 8.32. The highest BCUT2D eigenvalue weighted by molar-refractivity contribution is 14.1. The second-order valence-corrected chi connectivity index (χ2v) is 15.3. The maximum absolute atomic E-state index is 6.63. The molecule has 4 nitrogen and oxygen atoms in total. The van der Waals surface area contributed by atoms with E-state index in [2.05, 4.69) is 104 Å². The summed E-state index contributed by atoms with van der Waals surface area (Å²) >= 11 is 2.49. The number of hydroxylamine groups is 2. The highest BCUT2D eigenvalue weighted by atomic mass is 127. The van der Waals surface area contributed by atoms with Crippen LogP contribution in [0.2, 0.25) is 18.1 Å². The van der Waals surface area contributed by atoms with Gasteiger partial charge in [-0.25, -0.2) is 0 Å². The van der Waals surface area contributed by atoms with Gasteiger partial charge in [-0.2, -0.15) is 5.06 Å². The first-order valence-electron chi connectivity index (χ1n) is 10.3. The molecule has 0 saturated heterocycles. The van der Waals surface area contributed by atoms with Gasteiger partial charge < -0.3 is 4.43 Å². The van der Waals surface area contributed by atoms with Gasteiger partial charge in [-0.1, -0.05) is 63.3 Å². The van der Waals surface area contributed by atoms with Crippen molar-refractivity contribution in [3.63, 3.8) is 0 Å². The molecule has 0 saturated carbocycles. The van der Waals surface area contributed by atoms with E-state index in [4.69, 9.17) is 9.26 Å². The van der Waals surface area contributed by atoms with Gasteiger partial charge in [-0.3, -0.25) is 9.74 Å². The van der Waals surface area contributed by atoms with Gasteiger partial charge in [-0.05, 0) is 46.3 Å². The van der Waals surface area contributed by atoms with E-state index in [1.54, 1.807) is 6.08 Å². The lowest BCUT2D eigenvalue weighted by molar-refractivity contribution is -0.153. The number of hydrogen-bond donors (Lipinski definition) is 0. The molecule has 0 spiro atoms. The molecule has 1 unspecified atom stereocenters. The fraction of sp³-hybridized carbons (Fsp3) is 0.565. The molecule has 6 heteroatoms. The number of benzene rings is 1. The number of halogens is 1. The largest absolute Gasteiger partial charge is 0.415 e. The average Bonchev–Trinajstić information content (AvgIpc) is 2.65. The second-order valence-electron chi connectivity index (χ2n) is 9.25. The number of nitrogens with zero attached hydrogens (tertiary/aromatic N) is 2. The van der Waals surface area contributed by atoms with E-state index in [0.717, 1.165) is 19.7 Å². The van der Waals surface area contributed by atoms with Gasteiger partial charge >= 0.3 is 0 Å². The predicted octanol–water partition coefficient (Wildman–Crippen LogP) is 5.63. The Morgan fingerprint density at radius 2 is 1.93 bits per heavy atom. The summed E-state index contributed by atoms with van der Waals surface area (Å²) in [6, 6.07) is 11.2. The molecule has 1 aliphatic rings. The summed E-state index contributed by atoms with van der Waals surface area (Å²) in [6.07, 6.45) is 4.11. The lowest BCUT2D eigenvalue weighted by atomic mass is 10.1. The van der Waals surface area contributed by atoms with Crippen molar-refractivity contribution in [3.8, 4) is 0 Å². The predicted molar refractivity (Wildman–Crippen MR) is 134 cm³/mol. The standard InChI is InChI=1S/C23H37IN2O2Si/c1-8-14-27-25(5)20-15-21(24)22(18-28-29(6,7)23(2,3)4)26(17-20)16-19-12-10-9-11-13-19/h8-13,15,20,22H,1,14,16-18H2,2-7H3/t20?,22-/m1/s1. The van der Waals surface area contributed by atoms with Crippen LogP contribution in [0.5, 0.6) is 0 Å². The Morgan fingerprint density at radius 1 is 1.28 bits per heavy atom. The molecule has 0 radical (unpaired) electrons. The molecule has 162 valence electrons. The van der Waals surface area contributed by atoms with Crippen molar-refractivity contribution in [3.05, 3.63) is 58.2 Å². The molecule has 0 bridgehead atoms. The van der Waals surface area contributed by atoms with Gasteiger partial charge in [-0.15, -0.1) is 6.58 Å². The Kier molecular flexibility index (Phi) is 9.12. The van der Waals surface area contributed by atoms with Crippen molar-refractivity contribution in [2.75, 3.05) is 26.8 Å². The van der Waals surface area contributed by atoms with Crippen molar-refractivity contribution in [1.82, 2.24) is 9.96 Å². The van der Waals surface area contributed by atoms with Crippen molar-refractivity contribution in [2.45, 2.75) is 57.5 Å². The van der Waals surface area contributed by atoms with E-state index < -0.39 is 8.32 Å². The molecule has 1 heterocycles. The van der Waals surface area contributed by atoms with Crippen LogP contribution in [0.1, 0.15) is 26.3 Å². The zero-order valence-electron chi connectivity index (χ0n) is 18.8. The first-order valence-corrected chi connectivity index (χ1v) is 14.3.